The van der Waals surface area contributed by atoms with Crippen molar-refractivity contribution >= 4 is 33.5 Å². The monoisotopic (exact) mass is 389 g/mol. The first-order chi connectivity index (χ1) is 11.3. The maximum Gasteiger partial charge on any atom is 0.310 e. The summed E-state index contributed by atoms with van der Waals surface area (Å²) < 4.78 is 6.02. The van der Waals surface area contributed by atoms with Crippen molar-refractivity contribution < 1.29 is 14.3 Å². The summed E-state index contributed by atoms with van der Waals surface area (Å²) in [5.74, 6) is -0.773. The SMILES string of the molecule is Cc1ccc(CC(=O)OCC(=O)Nc2ccc(Br)c(C)c2)cc1C. The largest absolute Gasteiger partial charge is 0.455 e. The normalized spacial score (nSPS) is 10.3. The molecule has 2 rings (SSSR count). The third kappa shape index (κ3) is 5.20. The second-order valence-corrected chi connectivity index (χ2v) is 6.62. The lowest BCUT2D eigenvalue weighted by Crippen LogP contribution is -2.21. The molecule has 24 heavy (non-hydrogen) atoms. The van der Waals surface area contributed by atoms with E-state index in [1.807, 2.05) is 51.1 Å². The van der Waals surface area contributed by atoms with Crippen molar-refractivity contribution in [2.24, 2.45) is 0 Å². The molecule has 126 valence electrons. The zero-order valence-electron chi connectivity index (χ0n) is 14.0. The highest BCUT2D eigenvalue weighted by molar-refractivity contribution is 9.10. The summed E-state index contributed by atoms with van der Waals surface area (Å²) in [6.07, 6.45) is 0.159. The van der Waals surface area contributed by atoms with Gasteiger partial charge in [0.15, 0.2) is 6.61 Å². The number of carbonyl (C=O) groups is 2. The molecular weight excluding hydrogens is 370 g/mol. The molecule has 0 radical (unpaired) electrons. The van der Waals surface area contributed by atoms with Crippen LogP contribution in [0.25, 0.3) is 0 Å². The molecule has 4 nitrogen and oxygen atoms in total. The Morgan fingerprint density at radius 2 is 1.75 bits per heavy atom. The molecule has 0 unspecified atom stereocenters. The van der Waals surface area contributed by atoms with E-state index in [1.165, 1.54) is 5.56 Å². The molecule has 0 aliphatic rings. The van der Waals surface area contributed by atoms with Gasteiger partial charge in [-0.05, 0) is 61.2 Å². The maximum absolute atomic E-state index is 11.9. The molecule has 0 atom stereocenters. The Bertz CT molecular complexity index is 706. The van der Waals surface area contributed by atoms with E-state index in [2.05, 4.69) is 21.2 Å². The summed E-state index contributed by atoms with van der Waals surface area (Å²) in [7, 11) is 0. The number of halogens is 1. The van der Waals surface area contributed by atoms with Crippen LogP contribution >= 0.6 is 15.9 Å². The minimum atomic E-state index is -0.416. The van der Waals surface area contributed by atoms with Gasteiger partial charge in [-0.1, -0.05) is 34.1 Å². The van der Waals surface area contributed by atoms with Crippen LogP contribution in [0.5, 0.6) is 0 Å². The van der Waals surface area contributed by atoms with Crippen LogP contribution < -0.4 is 5.32 Å². The summed E-state index contributed by atoms with van der Waals surface area (Å²) in [6, 6.07) is 11.3. The summed E-state index contributed by atoms with van der Waals surface area (Å²) in [5, 5.41) is 2.71. The van der Waals surface area contributed by atoms with Crippen molar-refractivity contribution in [3.63, 3.8) is 0 Å². The predicted octanol–water partition coefficient (Wildman–Crippen LogP) is 4.10. The molecule has 0 heterocycles. The molecule has 1 amide bonds. The molecule has 2 aromatic carbocycles. The van der Waals surface area contributed by atoms with Crippen molar-refractivity contribution in [3.8, 4) is 0 Å². The lowest BCUT2D eigenvalue weighted by molar-refractivity contribution is -0.146. The number of anilines is 1. The fourth-order valence-electron chi connectivity index (χ4n) is 2.20. The van der Waals surface area contributed by atoms with Gasteiger partial charge in [-0.25, -0.2) is 0 Å². The van der Waals surface area contributed by atoms with Gasteiger partial charge in [0, 0.05) is 10.2 Å². The number of hydrogen-bond donors (Lipinski definition) is 1. The number of carbonyl (C=O) groups excluding carboxylic acids is 2. The Kier molecular flexibility index (Phi) is 6.15. The van der Waals surface area contributed by atoms with Gasteiger partial charge in [0.25, 0.3) is 5.91 Å². The summed E-state index contributed by atoms with van der Waals surface area (Å²) in [6.45, 7) is 5.66. The number of aryl methyl sites for hydroxylation is 3. The van der Waals surface area contributed by atoms with E-state index in [-0.39, 0.29) is 18.9 Å². The third-order valence-corrected chi connectivity index (χ3v) is 4.62. The van der Waals surface area contributed by atoms with Crippen LogP contribution in [0.2, 0.25) is 0 Å². The molecule has 2 aromatic rings. The van der Waals surface area contributed by atoms with E-state index in [0.29, 0.717) is 5.69 Å². The average molecular weight is 390 g/mol. The number of nitrogens with one attached hydrogen (secondary N) is 1. The van der Waals surface area contributed by atoms with Crippen LogP contribution in [0.15, 0.2) is 40.9 Å². The number of rotatable bonds is 5. The van der Waals surface area contributed by atoms with Gasteiger partial charge in [-0.2, -0.15) is 0 Å². The van der Waals surface area contributed by atoms with E-state index in [1.54, 1.807) is 6.07 Å². The van der Waals surface area contributed by atoms with Crippen molar-refractivity contribution in [2.75, 3.05) is 11.9 Å². The van der Waals surface area contributed by atoms with Gasteiger partial charge in [0.1, 0.15) is 0 Å². The number of esters is 1. The Balaban J connectivity index is 1.83. The van der Waals surface area contributed by atoms with Gasteiger partial charge in [0.2, 0.25) is 0 Å². The van der Waals surface area contributed by atoms with Crippen LogP contribution in [0.4, 0.5) is 5.69 Å². The second-order valence-electron chi connectivity index (χ2n) is 5.77. The van der Waals surface area contributed by atoms with E-state index in [0.717, 1.165) is 21.2 Å². The molecular formula is C19H20BrNO3. The molecule has 0 aliphatic heterocycles. The summed E-state index contributed by atoms with van der Waals surface area (Å²) >= 11 is 3.40. The Labute approximate surface area is 150 Å². The van der Waals surface area contributed by atoms with Gasteiger partial charge < -0.3 is 10.1 Å². The highest BCUT2D eigenvalue weighted by Crippen LogP contribution is 2.19. The molecule has 0 aromatic heterocycles. The lowest BCUT2D eigenvalue weighted by Gasteiger charge is -2.09. The van der Waals surface area contributed by atoms with E-state index in [4.69, 9.17) is 4.74 Å². The Morgan fingerprint density at radius 3 is 2.42 bits per heavy atom. The summed E-state index contributed by atoms with van der Waals surface area (Å²) in [4.78, 5) is 23.7. The van der Waals surface area contributed by atoms with E-state index in [9.17, 15) is 9.59 Å². The van der Waals surface area contributed by atoms with Gasteiger partial charge >= 0.3 is 5.97 Å². The van der Waals surface area contributed by atoms with Crippen LogP contribution in [0.1, 0.15) is 22.3 Å². The van der Waals surface area contributed by atoms with Crippen LogP contribution in [0.3, 0.4) is 0 Å². The highest BCUT2D eigenvalue weighted by atomic mass is 79.9. The molecule has 0 saturated carbocycles. The third-order valence-electron chi connectivity index (χ3n) is 3.73. The fourth-order valence-corrected chi connectivity index (χ4v) is 2.44. The highest BCUT2D eigenvalue weighted by Gasteiger charge is 2.10. The number of amides is 1. The first-order valence-electron chi connectivity index (χ1n) is 7.63. The van der Waals surface area contributed by atoms with Gasteiger partial charge in [-0.3, -0.25) is 9.59 Å². The van der Waals surface area contributed by atoms with Crippen LogP contribution in [0, 0.1) is 20.8 Å². The molecule has 1 N–H and O–H groups in total. The van der Waals surface area contributed by atoms with Crippen LogP contribution in [-0.2, 0) is 20.7 Å². The number of ether oxygens (including phenoxy) is 1. The smallest absolute Gasteiger partial charge is 0.310 e. The zero-order valence-corrected chi connectivity index (χ0v) is 15.6. The van der Waals surface area contributed by atoms with Crippen molar-refractivity contribution in [1.29, 1.82) is 0 Å². The molecule has 0 bridgehead atoms. The van der Waals surface area contributed by atoms with Crippen molar-refractivity contribution in [2.45, 2.75) is 27.2 Å². The topological polar surface area (TPSA) is 55.4 Å². The van der Waals surface area contributed by atoms with Crippen molar-refractivity contribution in [3.05, 3.63) is 63.1 Å². The van der Waals surface area contributed by atoms with E-state index < -0.39 is 5.97 Å². The average Bonchev–Trinajstić information content (AvgIpc) is 2.53. The quantitative estimate of drug-likeness (QED) is 0.783. The minimum Gasteiger partial charge on any atom is -0.455 e. The van der Waals surface area contributed by atoms with Gasteiger partial charge in [-0.15, -0.1) is 0 Å². The number of benzene rings is 2. The Morgan fingerprint density at radius 1 is 1.00 bits per heavy atom. The lowest BCUT2D eigenvalue weighted by atomic mass is 10.0. The first-order valence-corrected chi connectivity index (χ1v) is 8.42. The maximum atomic E-state index is 11.9. The minimum absolute atomic E-state index is 0.159. The van der Waals surface area contributed by atoms with Crippen molar-refractivity contribution in [1.82, 2.24) is 0 Å². The van der Waals surface area contributed by atoms with E-state index >= 15 is 0 Å². The standard InChI is InChI=1S/C19H20BrNO3/c1-12-4-5-15(8-13(12)2)10-19(23)24-11-18(22)21-16-6-7-17(20)14(3)9-16/h4-9H,10-11H2,1-3H3,(H,21,22). The zero-order chi connectivity index (χ0) is 17.7. The van der Waals surface area contributed by atoms with Crippen LogP contribution in [-0.4, -0.2) is 18.5 Å². The second kappa shape index (κ2) is 8.11. The molecule has 0 aliphatic carbocycles. The Hall–Kier alpha value is -2.14. The molecule has 0 saturated heterocycles. The molecule has 5 heteroatoms. The fraction of sp³-hybridized carbons (Fsp3) is 0.263. The molecule has 0 fully saturated rings. The van der Waals surface area contributed by atoms with Gasteiger partial charge in [0.05, 0.1) is 6.42 Å². The summed E-state index contributed by atoms with van der Waals surface area (Å²) in [5.41, 5.74) is 4.87. The predicted molar refractivity (Wildman–Crippen MR) is 98.1 cm³/mol. The first kappa shape index (κ1) is 18.2. The number of hydrogen-bond acceptors (Lipinski definition) is 3. The molecule has 0 spiro atoms.